The molecule has 0 aliphatic rings. The lowest BCUT2D eigenvalue weighted by Crippen LogP contribution is -1.87. The molecule has 0 N–H and O–H groups in total. The van der Waals surface area contributed by atoms with Gasteiger partial charge in [-0.3, -0.25) is 0 Å². The van der Waals surface area contributed by atoms with Gasteiger partial charge in [0.2, 0.25) is 0 Å². The molecule has 138 valence electrons. The molecule has 5 aromatic carbocycles. The summed E-state index contributed by atoms with van der Waals surface area (Å²) >= 11 is 0. The lowest BCUT2D eigenvalue weighted by molar-refractivity contribution is 0.667. The summed E-state index contributed by atoms with van der Waals surface area (Å²) in [6.45, 7) is 2.27. The van der Waals surface area contributed by atoms with Gasteiger partial charge in [-0.25, -0.2) is 0 Å². The summed E-state index contributed by atoms with van der Waals surface area (Å²) in [6.07, 6.45) is 6.47. The Morgan fingerprint density at radius 3 is 1.89 bits per heavy atom. The molecule has 0 spiro atoms. The van der Waals surface area contributed by atoms with Crippen LogP contribution in [0, 0.1) is 0 Å². The Labute approximate surface area is 166 Å². The predicted molar refractivity (Wildman–Crippen MR) is 124 cm³/mol. The van der Waals surface area contributed by atoms with Crippen LogP contribution in [0.15, 0.2) is 78.9 Å². The van der Waals surface area contributed by atoms with Crippen LogP contribution < -0.4 is 0 Å². The van der Waals surface area contributed by atoms with Crippen LogP contribution in [0.3, 0.4) is 0 Å². The standard InChI is InChI=1S/C28H26/c1-2-3-4-5-8-20-11-14-24-22(19-20)13-16-28-26(24)18-17-25-23-10-7-6-9-21(23)12-15-27(25)28/h6-7,9-19H,2-5,8H2,1H3. The van der Waals surface area contributed by atoms with E-state index in [4.69, 9.17) is 0 Å². The third-order valence-corrected chi connectivity index (χ3v) is 6.12. The van der Waals surface area contributed by atoms with E-state index >= 15 is 0 Å². The van der Waals surface area contributed by atoms with Crippen molar-refractivity contribution in [2.24, 2.45) is 0 Å². The van der Waals surface area contributed by atoms with E-state index in [1.807, 2.05) is 0 Å². The molecule has 0 saturated heterocycles. The molecule has 0 aliphatic heterocycles. The van der Waals surface area contributed by atoms with Crippen molar-refractivity contribution in [1.82, 2.24) is 0 Å². The van der Waals surface area contributed by atoms with Crippen molar-refractivity contribution in [3.63, 3.8) is 0 Å². The third-order valence-electron chi connectivity index (χ3n) is 6.12. The van der Waals surface area contributed by atoms with E-state index < -0.39 is 0 Å². The van der Waals surface area contributed by atoms with Gasteiger partial charge in [-0.15, -0.1) is 0 Å². The van der Waals surface area contributed by atoms with Crippen LogP contribution in [0.5, 0.6) is 0 Å². The van der Waals surface area contributed by atoms with Crippen molar-refractivity contribution in [1.29, 1.82) is 0 Å². The SMILES string of the molecule is CCCCCCc1ccc2c(ccc3c2ccc2c4ccccc4ccc23)c1. The fraction of sp³-hybridized carbons (Fsp3) is 0.214. The molecule has 0 unspecified atom stereocenters. The van der Waals surface area contributed by atoms with Crippen LogP contribution in [-0.4, -0.2) is 0 Å². The van der Waals surface area contributed by atoms with Crippen molar-refractivity contribution in [2.75, 3.05) is 0 Å². The molecule has 0 radical (unpaired) electrons. The molecule has 0 fully saturated rings. The highest BCUT2D eigenvalue weighted by molar-refractivity contribution is 6.22. The minimum Gasteiger partial charge on any atom is -0.0654 e. The molecule has 0 aromatic heterocycles. The molecular formula is C28H26. The molecule has 0 amide bonds. The molecule has 5 rings (SSSR count). The lowest BCUT2D eigenvalue weighted by atomic mass is 9.93. The van der Waals surface area contributed by atoms with Crippen molar-refractivity contribution in [2.45, 2.75) is 39.0 Å². The molecule has 0 heteroatoms. The summed E-state index contributed by atoms with van der Waals surface area (Å²) in [7, 11) is 0. The minimum atomic E-state index is 1.19. The van der Waals surface area contributed by atoms with Crippen molar-refractivity contribution in [3.8, 4) is 0 Å². The second kappa shape index (κ2) is 7.28. The van der Waals surface area contributed by atoms with Gasteiger partial charge in [0.05, 0.1) is 0 Å². The van der Waals surface area contributed by atoms with E-state index in [9.17, 15) is 0 Å². The monoisotopic (exact) mass is 362 g/mol. The van der Waals surface area contributed by atoms with Gasteiger partial charge >= 0.3 is 0 Å². The van der Waals surface area contributed by atoms with Gasteiger partial charge in [-0.1, -0.05) is 105 Å². The van der Waals surface area contributed by atoms with Gasteiger partial charge in [-0.2, -0.15) is 0 Å². The summed E-state index contributed by atoms with van der Waals surface area (Å²) in [5.74, 6) is 0. The summed E-state index contributed by atoms with van der Waals surface area (Å²) in [5, 5.41) is 10.8. The van der Waals surface area contributed by atoms with E-state index in [1.54, 1.807) is 0 Å². The molecular weight excluding hydrogens is 336 g/mol. The first-order valence-corrected chi connectivity index (χ1v) is 10.6. The molecule has 0 atom stereocenters. The van der Waals surface area contributed by atoms with Crippen molar-refractivity contribution in [3.05, 3.63) is 84.4 Å². The topological polar surface area (TPSA) is 0 Å². The van der Waals surface area contributed by atoms with E-state index in [0.717, 1.165) is 0 Å². The second-order valence-corrected chi connectivity index (χ2v) is 7.97. The number of hydrogen-bond donors (Lipinski definition) is 0. The van der Waals surface area contributed by atoms with Gasteiger partial charge in [0.25, 0.3) is 0 Å². The number of hydrogen-bond acceptors (Lipinski definition) is 0. The lowest BCUT2D eigenvalue weighted by Gasteiger charge is -2.11. The number of benzene rings is 5. The molecule has 0 heterocycles. The summed E-state index contributed by atoms with van der Waals surface area (Å²) in [4.78, 5) is 0. The van der Waals surface area contributed by atoms with Crippen LogP contribution in [0.1, 0.15) is 38.2 Å². The Hall–Kier alpha value is -2.86. The first kappa shape index (κ1) is 17.3. The zero-order chi connectivity index (χ0) is 18.9. The average Bonchev–Trinajstić information content (AvgIpc) is 2.75. The van der Waals surface area contributed by atoms with Crippen LogP contribution >= 0.6 is 0 Å². The molecule has 5 aromatic rings. The Kier molecular flexibility index (Phi) is 4.49. The van der Waals surface area contributed by atoms with E-state index in [2.05, 4.69) is 85.8 Å². The Bertz CT molecular complexity index is 1290. The zero-order valence-corrected chi connectivity index (χ0v) is 16.5. The summed E-state index contributed by atoms with van der Waals surface area (Å²) in [5.41, 5.74) is 1.47. The maximum Gasteiger partial charge on any atom is -0.00987 e. The molecule has 0 aliphatic carbocycles. The largest absolute Gasteiger partial charge is 0.0654 e. The van der Waals surface area contributed by atoms with Crippen LogP contribution in [0.4, 0.5) is 0 Å². The van der Waals surface area contributed by atoms with Gasteiger partial charge < -0.3 is 0 Å². The highest BCUT2D eigenvalue weighted by Gasteiger charge is 2.07. The maximum absolute atomic E-state index is 2.39. The second-order valence-electron chi connectivity index (χ2n) is 7.97. The average molecular weight is 363 g/mol. The van der Waals surface area contributed by atoms with Gasteiger partial charge in [0.1, 0.15) is 0 Å². The quantitative estimate of drug-likeness (QED) is 0.217. The minimum absolute atomic E-state index is 1.19. The van der Waals surface area contributed by atoms with Gasteiger partial charge in [0, 0.05) is 0 Å². The number of fused-ring (bicyclic) bond motifs is 7. The zero-order valence-electron chi connectivity index (χ0n) is 16.5. The fourth-order valence-corrected chi connectivity index (χ4v) is 4.61. The Balaban J connectivity index is 1.63. The number of rotatable bonds is 5. The third kappa shape index (κ3) is 2.94. The smallest absolute Gasteiger partial charge is 0.00987 e. The molecule has 0 nitrogen and oxygen atoms in total. The summed E-state index contributed by atoms with van der Waals surface area (Å²) < 4.78 is 0. The fourth-order valence-electron chi connectivity index (χ4n) is 4.61. The molecule has 0 bridgehead atoms. The van der Waals surface area contributed by atoms with Crippen LogP contribution in [-0.2, 0) is 6.42 Å². The van der Waals surface area contributed by atoms with E-state index in [1.165, 1.54) is 80.8 Å². The first-order chi connectivity index (χ1) is 13.8. The number of unbranched alkanes of at least 4 members (excludes halogenated alkanes) is 3. The molecule has 28 heavy (non-hydrogen) atoms. The van der Waals surface area contributed by atoms with Crippen LogP contribution in [0.25, 0.3) is 43.1 Å². The molecule has 0 saturated carbocycles. The normalized spacial score (nSPS) is 11.8. The van der Waals surface area contributed by atoms with Gasteiger partial charge in [0.15, 0.2) is 0 Å². The van der Waals surface area contributed by atoms with Crippen LogP contribution in [0.2, 0.25) is 0 Å². The first-order valence-electron chi connectivity index (χ1n) is 10.6. The van der Waals surface area contributed by atoms with Crippen molar-refractivity contribution >= 4 is 43.1 Å². The van der Waals surface area contributed by atoms with E-state index in [-0.39, 0.29) is 0 Å². The van der Waals surface area contributed by atoms with Crippen molar-refractivity contribution < 1.29 is 0 Å². The highest BCUT2D eigenvalue weighted by atomic mass is 14.1. The highest BCUT2D eigenvalue weighted by Crippen LogP contribution is 2.34. The Morgan fingerprint density at radius 1 is 0.500 bits per heavy atom. The Morgan fingerprint density at radius 2 is 1.11 bits per heavy atom. The summed E-state index contributed by atoms with van der Waals surface area (Å²) in [6, 6.07) is 29.5. The number of aryl methyl sites for hydroxylation is 1. The van der Waals surface area contributed by atoms with E-state index in [0.29, 0.717) is 0 Å². The van der Waals surface area contributed by atoms with Gasteiger partial charge in [-0.05, 0) is 61.5 Å². The maximum atomic E-state index is 2.39. The predicted octanol–water partition coefficient (Wildman–Crippen LogP) is 8.42.